The molecule has 1 fully saturated rings. The van der Waals surface area contributed by atoms with Gasteiger partial charge in [-0.1, -0.05) is 30.3 Å². The maximum absolute atomic E-state index is 12.3. The zero-order chi connectivity index (χ0) is 18.5. The summed E-state index contributed by atoms with van der Waals surface area (Å²) in [6.07, 6.45) is 2.70. The molecule has 1 atom stereocenters. The Kier molecular flexibility index (Phi) is 5.20. The Morgan fingerprint density at radius 2 is 1.93 bits per heavy atom. The number of nitrogens with one attached hydrogen (secondary N) is 1. The third-order valence-electron chi connectivity index (χ3n) is 5.00. The van der Waals surface area contributed by atoms with Crippen molar-refractivity contribution in [3.63, 3.8) is 0 Å². The third-order valence-corrected chi connectivity index (χ3v) is 5.00. The quantitative estimate of drug-likeness (QED) is 0.725. The van der Waals surface area contributed by atoms with Crippen molar-refractivity contribution in [2.45, 2.75) is 12.3 Å². The molecule has 1 amide bonds. The van der Waals surface area contributed by atoms with Crippen LogP contribution >= 0.6 is 0 Å². The molecule has 2 aromatic carbocycles. The highest BCUT2D eigenvalue weighted by atomic mass is 16.1. The number of nitrogens with zero attached hydrogens (tertiary/aromatic N) is 5. The average Bonchev–Trinajstić information content (AvgIpc) is 3.41. The van der Waals surface area contributed by atoms with E-state index in [0.717, 1.165) is 25.3 Å². The Balaban J connectivity index is 1.24. The highest BCUT2D eigenvalue weighted by Crippen LogP contribution is 2.26. The lowest BCUT2D eigenvalue weighted by Gasteiger charge is -2.16. The number of likely N-dealkylation sites (tertiary alicyclic amines) is 1. The molecule has 7 heteroatoms. The Morgan fingerprint density at radius 3 is 2.67 bits per heavy atom. The minimum absolute atomic E-state index is 0.0583. The van der Waals surface area contributed by atoms with Crippen LogP contribution in [-0.2, 0) is 0 Å². The molecule has 1 aliphatic heterocycles. The summed E-state index contributed by atoms with van der Waals surface area (Å²) in [5.74, 6) is 0.540. The van der Waals surface area contributed by atoms with Gasteiger partial charge in [0.1, 0.15) is 6.33 Å². The van der Waals surface area contributed by atoms with Gasteiger partial charge in [0, 0.05) is 25.2 Å². The lowest BCUT2D eigenvalue weighted by molar-refractivity contribution is 0.0949. The topological polar surface area (TPSA) is 75.9 Å². The lowest BCUT2D eigenvalue weighted by Crippen LogP contribution is -2.33. The number of hydrogen-bond acceptors (Lipinski definition) is 5. The molecular weight excluding hydrogens is 340 g/mol. The van der Waals surface area contributed by atoms with Crippen LogP contribution in [0.15, 0.2) is 60.9 Å². The number of hydrogen-bond donors (Lipinski definition) is 1. The van der Waals surface area contributed by atoms with Crippen LogP contribution in [0.4, 0.5) is 0 Å². The molecule has 0 unspecified atom stereocenters. The van der Waals surface area contributed by atoms with Gasteiger partial charge in [-0.25, -0.2) is 4.68 Å². The molecule has 0 spiro atoms. The summed E-state index contributed by atoms with van der Waals surface area (Å²) in [6, 6.07) is 17.9. The summed E-state index contributed by atoms with van der Waals surface area (Å²) in [5.41, 5.74) is 2.86. The predicted octanol–water partition coefficient (Wildman–Crippen LogP) is 1.88. The summed E-state index contributed by atoms with van der Waals surface area (Å²) in [6.45, 7) is 3.66. The van der Waals surface area contributed by atoms with Crippen LogP contribution in [0.25, 0.3) is 5.69 Å². The van der Waals surface area contributed by atoms with E-state index in [4.69, 9.17) is 0 Å². The van der Waals surface area contributed by atoms with Crippen molar-refractivity contribution >= 4 is 5.91 Å². The number of tetrazole rings is 1. The van der Waals surface area contributed by atoms with Crippen LogP contribution in [-0.4, -0.2) is 57.2 Å². The summed E-state index contributed by atoms with van der Waals surface area (Å²) >= 11 is 0. The fourth-order valence-corrected chi connectivity index (χ4v) is 3.51. The van der Waals surface area contributed by atoms with Gasteiger partial charge in [0.15, 0.2) is 0 Å². The average molecular weight is 362 g/mol. The normalized spacial score (nSPS) is 17.1. The second-order valence-electron chi connectivity index (χ2n) is 6.75. The lowest BCUT2D eigenvalue weighted by atomic mass is 9.99. The van der Waals surface area contributed by atoms with Gasteiger partial charge in [-0.05, 0) is 59.1 Å². The van der Waals surface area contributed by atoms with E-state index in [0.29, 0.717) is 18.0 Å². The number of benzene rings is 2. The van der Waals surface area contributed by atoms with Crippen LogP contribution in [0.5, 0.6) is 0 Å². The van der Waals surface area contributed by atoms with Gasteiger partial charge in [-0.3, -0.25) is 4.79 Å². The second-order valence-corrected chi connectivity index (χ2v) is 6.75. The molecule has 1 saturated heterocycles. The van der Waals surface area contributed by atoms with Crippen molar-refractivity contribution in [1.29, 1.82) is 0 Å². The minimum Gasteiger partial charge on any atom is -0.351 e. The standard InChI is InChI=1S/C20H22N6O/c27-20(17-6-8-19(9-7-17)26-15-22-23-24-26)21-11-13-25-12-10-18(14-25)16-4-2-1-3-5-16/h1-9,15,18H,10-14H2,(H,21,27)/t18-/m1/s1. The van der Waals surface area contributed by atoms with Crippen LogP contribution in [0.3, 0.4) is 0 Å². The number of carbonyl (C=O) groups excluding carboxylic acids is 1. The van der Waals surface area contributed by atoms with Gasteiger partial charge in [0.05, 0.1) is 5.69 Å². The maximum Gasteiger partial charge on any atom is 0.251 e. The second kappa shape index (κ2) is 8.09. The highest BCUT2D eigenvalue weighted by Gasteiger charge is 2.23. The molecule has 1 aromatic heterocycles. The zero-order valence-electron chi connectivity index (χ0n) is 15.0. The molecule has 0 saturated carbocycles. The Labute approximate surface area is 158 Å². The Hall–Kier alpha value is -3.06. The molecule has 1 N–H and O–H groups in total. The summed E-state index contributed by atoms with van der Waals surface area (Å²) < 4.78 is 1.55. The van der Waals surface area contributed by atoms with Gasteiger partial charge < -0.3 is 10.2 Å². The van der Waals surface area contributed by atoms with E-state index < -0.39 is 0 Å². The van der Waals surface area contributed by atoms with E-state index >= 15 is 0 Å². The first-order valence-electron chi connectivity index (χ1n) is 9.18. The zero-order valence-corrected chi connectivity index (χ0v) is 15.0. The van der Waals surface area contributed by atoms with Crippen LogP contribution < -0.4 is 5.32 Å². The highest BCUT2D eigenvalue weighted by molar-refractivity contribution is 5.94. The SMILES string of the molecule is O=C(NCCN1CC[C@@H](c2ccccc2)C1)c1ccc(-n2cnnn2)cc1. The molecule has 27 heavy (non-hydrogen) atoms. The fraction of sp³-hybridized carbons (Fsp3) is 0.300. The first-order chi connectivity index (χ1) is 13.3. The van der Waals surface area contributed by atoms with E-state index in [9.17, 15) is 4.79 Å². The Bertz CT molecular complexity index is 863. The van der Waals surface area contributed by atoms with Crippen molar-refractivity contribution in [2.24, 2.45) is 0 Å². The maximum atomic E-state index is 12.3. The van der Waals surface area contributed by atoms with Crippen LogP contribution in [0.2, 0.25) is 0 Å². The van der Waals surface area contributed by atoms with Crippen molar-refractivity contribution < 1.29 is 4.79 Å². The summed E-state index contributed by atoms with van der Waals surface area (Å²) in [7, 11) is 0. The first kappa shape index (κ1) is 17.4. The number of rotatable bonds is 6. The van der Waals surface area contributed by atoms with Crippen LogP contribution in [0, 0.1) is 0 Å². The molecule has 3 aromatic rings. The summed E-state index contributed by atoms with van der Waals surface area (Å²) in [4.78, 5) is 14.7. The number of amides is 1. The van der Waals surface area contributed by atoms with Crippen LogP contribution in [0.1, 0.15) is 28.3 Å². The van der Waals surface area contributed by atoms with E-state index in [2.05, 4.69) is 56.1 Å². The molecule has 1 aliphatic rings. The third kappa shape index (κ3) is 4.20. The largest absolute Gasteiger partial charge is 0.351 e. The molecule has 0 radical (unpaired) electrons. The summed E-state index contributed by atoms with van der Waals surface area (Å²) in [5, 5.41) is 14.1. The number of carbonyl (C=O) groups is 1. The van der Waals surface area contributed by atoms with Crippen molar-refractivity contribution in [3.8, 4) is 5.69 Å². The van der Waals surface area contributed by atoms with E-state index in [-0.39, 0.29) is 5.91 Å². The fourth-order valence-electron chi connectivity index (χ4n) is 3.51. The van der Waals surface area contributed by atoms with Crippen molar-refractivity contribution in [2.75, 3.05) is 26.2 Å². The van der Waals surface area contributed by atoms with Gasteiger partial charge >= 0.3 is 0 Å². The predicted molar refractivity (Wildman–Crippen MR) is 102 cm³/mol. The molecule has 0 aliphatic carbocycles. The van der Waals surface area contributed by atoms with Crippen molar-refractivity contribution in [3.05, 3.63) is 72.1 Å². The van der Waals surface area contributed by atoms with E-state index in [1.54, 1.807) is 16.8 Å². The molecule has 0 bridgehead atoms. The Morgan fingerprint density at radius 1 is 1.11 bits per heavy atom. The molecule has 2 heterocycles. The monoisotopic (exact) mass is 362 g/mol. The number of aromatic nitrogens is 4. The first-order valence-corrected chi connectivity index (χ1v) is 9.18. The molecule has 138 valence electrons. The molecule has 7 nitrogen and oxygen atoms in total. The van der Waals surface area contributed by atoms with Gasteiger partial charge in [-0.2, -0.15) is 0 Å². The molecular formula is C20H22N6O. The van der Waals surface area contributed by atoms with Gasteiger partial charge in [0.25, 0.3) is 5.91 Å². The van der Waals surface area contributed by atoms with E-state index in [1.807, 2.05) is 12.1 Å². The minimum atomic E-state index is -0.0583. The van der Waals surface area contributed by atoms with Crippen molar-refractivity contribution in [1.82, 2.24) is 30.4 Å². The smallest absolute Gasteiger partial charge is 0.251 e. The molecule has 4 rings (SSSR count). The van der Waals surface area contributed by atoms with Gasteiger partial charge in [-0.15, -0.1) is 5.10 Å². The van der Waals surface area contributed by atoms with Gasteiger partial charge in [0.2, 0.25) is 0 Å². The van der Waals surface area contributed by atoms with E-state index in [1.165, 1.54) is 18.3 Å².